The van der Waals surface area contributed by atoms with Crippen molar-refractivity contribution in [2.75, 3.05) is 13.2 Å². The summed E-state index contributed by atoms with van der Waals surface area (Å²) in [6, 6.07) is 0. The predicted molar refractivity (Wildman–Crippen MR) is 394 cm³/mol. The minimum Gasteiger partial charge on any atom is -0.462 e. The van der Waals surface area contributed by atoms with Crippen molar-refractivity contribution in [1.29, 1.82) is 0 Å². The van der Waals surface area contributed by atoms with E-state index in [1.54, 1.807) is 0 Å². The zero-order chi connectivity index (χ0) is 64.0. The fraction of sp³-hybridized carbons (Fsp3) is 0.738. The third-order valence-corrected chi connectivity index (χ3v) is 17.0. The highest BCUT2D eigenvalue weighted by atomic mass is 16.6. The number of hydrogen-bond acceptors (Lipinski definition) is 5. The first kappa shape index (κ1) is 85.3. The van der Waals surface area contributed by atoms with Gasteiger partial charge in [0.2, 0.25) is 0 Å². The largest absolute Gasteiger partial charge is 0.462 e. The van der Waals surface area contributed by atoms with Crippen molar-refractivity contribution < 1.29 is 24.2 Å². The highest BCUT2D eigenvalue weighted by Gasteiger charge is 2.16. The second-order valence-corrected chi connectivity index (χ2v) is 25.7. The molecular weight excluding hydrogens is 1090 g/mol. The average molecular weight is 1240 g/mol. The van der Waals surface area contributed by atoms with E-state index < -0.39 is 6.10 Å². The molecule has 0 bridgehead atoms. The van der Waals surface area contributed by atoms with Gasteiger partial charge in [-0.05, 0) is 89.9 Å². The van der Waals surface area contributed by atoms with Crippen LogP contribution in [0.4, 0.5) is 0 Å². The third-order valence-electron chi connectivity index (χ3n) is 17.0. The zero-order valence-corrected chi connectivity index (χ0v) is 58.9. The Kier molecular flexibility index (Phi) is 75.3. The Hall–Kier alpha value is -3.70. The molecule has 0 heterocycles. The lowest BCUT2D eigenvalue weighted by Crippen LogP contribution is -2.28. The number of rotatable bonds is 71. The molecule has 0 aromatic heterocycles. The molecule has 5 nitrogen and oxygen atoms in total. The van der Waals surface area contributed by atoms with Crippen LogP contribution >= 0.6 is 0 Å². The topological polar surface area (TPSA) is 72.8 Å². The van der Waals surface area contributed by atoms with Crippen molar-refractivity contribution >= 4 is 11.9 Å². The van der Waals surface area contributed by atoms with Crippen LogP contribution in [-0.4, -0.2) is 36.4 Å². The van der Waals surface area contributed by atoms with E-state index in [9.17, 15) is 14.7 Å². The second-order valence-electron chi connectivity index (χ2n) is 25.7. The fourth-order valence-corrected chi connectivity index (χ4v) is 11.3. The Morgan fingerprint density at radius 1 is 0.270 bits per heavy atom. The number of esters is 2. The number of carbonyl (C=O) groups excluding carboxylic acids is 2. The first-order chi connectivity index (χ1) is 44.1. The molecule has 0 spiro atoms. The molecule has 0 aromatic rings. The zero-order valence-electron chi connectivity index (χ0n) is 58.9. The van der Waals surface area contributed by atoms with Gasteiger partial charge >= 0.3 is 11.9 Å². The number of carbonyl (C=O) groups is 2. The lowest BCUT2D eigenvalue weighted by molar-refractivity contribution is -0.161. The molecule has 0 fully saturated rings. The van der Waals surface area contributed by atoms with Gasteiger partial charge in [-0.15, -0.1) is 0 Å². The number of hydrogen-bond donors (Lipinski definition) is 1. The van der Waals surface area contributed by atoms with Gasteiger partial charge in [0.15, 0.2) is 6.10 Å². The first-order valence-corrected chi connectivity index (χ1v) is 38.6. The molecule has 89 heavy (non-hydrogen) atoms. The number of aliphatic hydroxyl groups is 1. The Balaban J connectivity index is 3.49. The number of aliphatic hydroxyl groups excluding tert-OH is 1. The smallest absolute Gasteiger partial charge is 0.306 e. The monoisotopic (exact) mass is 1240 g/mol. The standard InChI is InChI=1S/C84H146O5/c1-3-5-7-9-11-13-15-17-19-21-23-25-27-29-31-33-35-37-39-41-43-44-46-48-50-52-54-56-58-60-62-64-66-68-70-72-74-76-78-83(86)88-81-82(80-85)89-84(87)79-77-75-73-71-69-67-65-63-61-59-57-55-53-51-49-47-45-42-40-38-36-34-32-30-28-26-24-22-20-18-16-14-12-10-8-6-4-2/h6,8,12,14,18,20,24,26,30,32,36,38,42,45,49,51,55,57,61,63,82,85H,3-5,7,9-11,13,15-17,19,21-23,25,27-29,31,33-35,37,39-41,43-44,46-48,50,52-54,56,58-60,62,64-81H2,1-2H3/b8-6-,14-12-,20-18-,26-24-,32-30-,38-36-,45-42-,51-49-,57-55-,63-61-. The van der Waals surface area contributed by atoms with Crippen LogP contribution in [0.25, 0.3) is 0 Å². The molecule has 0 radical (unpaired) electrons. The molecule has 1 atom stereocenters. The Labute approximate surface area is 553 Å². The highest BCUT2D eigenvalue weighted by Crippen LogP contribution is 2.19. The summed E-state index contributed by atoms with van der Waals surface area (Å²) in [5.41, 5.74) is 0. The summed E-state index contributed by atoms with van der Waals surface area (Å²) in [7, 11) is 0. The van der Waals surface area contributed by atoms with Crippen LogP contribution in [-0.2, 0) is 19.1 Å². The highest BCUT2D eigenvalue weighted by molar-refractivity contribution is 5.70. The Bertz CT molecular complexity index is 1740. The van der Waals surface area contributed by atoms with Gasteiger partial charge in [-0.2, -0.15) is 0 Å². The third kappa shape index (κ3) is 76.7. The van der Waals surface area contributed by atoms with E-state index >= 15 is 0 Å². The van der Waals surface area contributed by atoms with Crippen molar-refractivity contribution in [2.24, 2.45) is 0 Å². The number of ether oxygens (including phenoxy) is 2. The van der Waals surface area contributed by atoms with Crippen LogP contribution in [0.5, 0.6) is 0 Å². The summed E-state index contributed by atoms with van der Waals surface area (Å²) in [6.07, 6.45) is 116. The van der Waals surface area contributed by atoms with Crippen LogP contribution in [0.1, 0.15) is 380 Å². The molecule has 5 heteroatoms. The molecule has 0 aliphatic carbocycles. The maximum atomic E-state index is 12.4. The summed E-state index contributed by atoms with van der Waals surface area (Å²) in [5, 5.41) is 9.72. The lowest BCUT2D eigenvalue weighted by Gasteiger charge is -2.15. The number of allylic oxidation sites excluding steroid dienone is 20. The van der Waals surface area contributed by atoms with Crippen LogP contribution in [0.3, 0.4) is 0 Å². The minimum absolute atomic E-state index is 0.0748. The van der Waals surface area contributed by atoms with Crippen molar-refractivity contribution in [2.45, 2.75) is 386 Å². The molecule has 0 aliphatic heterocycles. The van der Waals surface area contributed by atoms with E-state index in [1.807, 2.05) is 0 Å². The van der Waals surface area contributed by atoms with Crippen LogP contribution in [0.15, 0.2) is 122 Å². The van der Waals surface area contributed by atoms with E-state index in [2.05, 4.69) is 135 Å². The van der Waals surface area contributed by atoms with Crippen LogP contribution in [0, 0.1) is 0 Å². The van der Waals surface area contributed by atoms with E-state index in [-0.39, 0.29) is 25.2 Å². The summed E-state index contributed by atoms with van der Waals surface area (Å²) >= 11 is 0. The van der Waals surface area contributed by atoms with Gasteiger partial charge in [0, 0.05) is 12.8 Å². The Morgan fingerprint density at radius 3 is 0.730 bits per heavy atom. The molecule has 0 rings (SSSR count). The molecule has 0 amide bonds. The molecule has 1 unspecified atom stereocenters. The van der Waals surface area contributed by atoms with E-state index in [0.717, 1.165) is 109 Å². The molecule has 0 aliphatic rings. The van der Waals surface area contributed by atoms with Crippen molar-refractivity contribution in [1.82, 2.24) is 0 Å². The normalized spacial score (nSPS) is 12.9. The van der Waals surface area contributed by atoms with Crippen molar-refractivity contribution in [3.05, 3.63) is 122 Å². The lowest BCUT2D eigenvalue weighted by atomic mass is 10.0. The molecule has 0 saturated carbocycles. The summed E-state index contributed by atoms with van der Waals surface area (Å²) in [4.78, 5) is 24.7. The first-order valence-electron chi connectivity index (χ1n) is 38.6. The molecular formula is C84H146O5. The minimum atomic E-state index is -0.789. The maximum absolute atomic E-state index is 12.4. The van der Waals surface area contributed by atoms with Crippen molar-refractivity contribution in [3.63, 3.8) is 0 Å². The van der Waals surface area contributed by atoms with E-state index in [1.165, 1.54) is 244 Å². The van der Waals surface area contributed by atoms with Gasteiger partial charge < -0.3 is 14.6 Å². The molecule has 512 valence electrons. The molecule has 0 saturated heterocycles. The van der Waals surface area contributed by atoms with Gasteiger partial charge in [0.05, 0.1) is 6.61 Å². The van der Waals surface area contributed by atoms with Gasteiger partial charge in [-0.1, -0.05) is 399 Å². The van der Waals surface area contributed by atoms with Gasteiger partial charge in [0.25, 0.3) is 0 Å². The van der Waals surface area contributed by atoms with Crippen LogP contribution in [0.2, 0.25) is 0 Å². The average Bonchev–Trinajstić information content (AvgIpc) is 3.55. The number of unbranched alkanes of at least 4 members (excludes halogenated alkanes) is 43. The SMILES string of the molecule is CC/C=C\C/C=C\C/C=C\C/C=C\C/C=C\C/C=C\C/C=C\C/C=C\C/C=C\C/C=C\CCCCCCCCC(=O)OC(CO)COC(=O)CCCCCCCCCCCCCCCCCCCCCCCCCCCCCCCCCCCCCCCC. The van der Waals surface area contributed by atoms with Gasteiger partial charge in [0.1, 0.15) is 6.61 Å². The maximum Gasteiger partial charge on any atom is 0.306 e. The van der Waals surface area contributed by atoms with Crippen LogP contribution < -0.4 is 0 Å². The quantitative estimate of drug-likeness (QED) is 0.0373. The second kappa shape index (κ2) is 78.5. The van der Waals surface area contributed by atoms with Gasteiger partial charge in [-0.25, -0.2) is 0 Å². The fourth-order valence-electron chi connectivity index (χ4n) is 11.3. The molecule has 1 N–H and O–H groups in total. The van der Waals surface area contributed by atoms with Gasteiger partial charge in [-0.3, -0.25) is 9.59 Å². The van der Waals surface area contributed by atoms with Crippen molar-refractivity contribution in [3.8, 4) is 0 Å². The summed E-state index contributed by atoms with van der Waals surface area (Å²) < 4.78 is 10.8. The summed E-state index contributed by atoms with van der Waals surface area (Å²) in [6.45, 7) is 4.06. The Morgan fingerprint density at radius 2 is 0.483 bits per heavy atom. The van der Waals surface area contributed by atoms with E-state index in [4.69, 9.17) is 9.47 Å². The van der Waals surface area contributed by atoms with E-state index in [0.29, 0.717) is 12.8 Å². The predicted octanol–water partition coefficient (Wildman–Crippen LogP) is 27.3. The summed E-state index contributed by atoms with van der Waals surface area (Å²) in [5.74, 6) is -0.599. The molecule has 0 aromatic carbocycles.